The summed E-state index contributed by atoms with van der Waals surface area (Å²) in [6, 6.07) is 0.347. The average Bonchev–Trinajstić information content (AvgIpc) is 2.87. The Bertz CT molecular complexity index is 731. The molecule has 2 fully saturated rings. The van der Waals surface area contributed by atoms with E-state index < -0.39 is 0 Å². The van der Waals surface area contributed by atoms with E-state index in [1.165, 1.54) is 12.6 Å². The van der Waals surface area contributed by atoms with Crippen molar-refractivity contribution >= 4 is 11.8 Å². The van der Waals surface area contributed by atoms with Gasteiger partial charge in [-0.2, -0.15) is 0 Å². The van der Waals surface area contributed by atoms with Crippen LogP contribution in [0.15, 0.2) is 12.4 Å². The number of carbonyl (C=O) groups is 2. The van der Waals surface area contributed by atoms with Crippen molar-refractivity contribution in [2.75, 3.05) is 19.6 Å². The molecule has 1 saturated carbocycles. The second-order valence-electron chi connectivity index (χ2n) is 9.82. The summed E-state index contributed by atoms with van der Waals surface area (Å²) in [4.78, 5) is 38.0. The van der Waals surface area contributed by atoms with Gasteiger partial charge in [-0.05, 0) is 43.4 Å². The number of hydrogen-bond acceptors (Lipinski definition) is 4. The second-order valence-corrected chi connectivity index (χ2v) is 9.82. The zero-order valence-corrected chi connectivity index (χ0v) is 18.0. The largest absolute Gasteiger partial charge is 0.339 e. The first kappa shape index (κ1) is 20.7. The molecule has 2 aliphatic rings. The molecule has 6 heteroatoms. The zero-order valence-electron chi connectivity index (χ0n) is 18.0. The van der Waals surface area contributed by atoms with Crippen LogP contribution in [0.4, 0.5) is 0 Å². The SMILES string of the molecule is CCCN(CCC(=O)N1CC2(C)CC1CC(C)(C)C2)C(=O)c1cnc(C)cn1. The number of rotatable bonds is 6. The lowest BCUT2D eigenvalue weighted by Gasteiger charge is -2.39. The summed E-state index contributed by atoms with van der Waals surface area (Å²) in [6.45, 7) is 12.7. The molecule has 0 spiro atoms. The fourth-order valence-corrected chi connectivity index (χ4v) is 5.38. The van der Waals surface area contributed by atoms with Crippen molar-refractivity contribution < 1.29 is 9.59 Å². The van der Waals surface area contributed by atoms with Crippen LogP contribution in [0.1, 0.15) is 76.0 Å². The van der Waals surface area contributed by atoms with E-state index in [2.05, 4.69) is 35.6 Å². The summed E-state index contributed by atoms with van der Waals surface area (Å²) in [5.74, 6) is 0.0331. The molecular weight excluding hydrogens is 352 g/mol. The molecule has 1 aromatic rings. The first-order valence-corrected chi connectivity index (χ1v) is 10.5. The lowest BCUT2D eigenvalue weighted by molar-refractivity contribution is -0.132. The number of likely N-dealkylation sites (tertiary alicyclic amines) is 1. The number of amides is 2. The van der Waals surface area contributed by atoms with Gasteiger partial charge in [-0.1, -0.05) is 27.7 Å². The number of aromatic nitrogens is 2. The fourth-order valence-electron chi connectivity index (χ4n) is 5.38. The number of aryl methyl sites for hydroxylation is 1. The molecule has 6 nitrogen and oxygen atoms in total. The van der Waals surface area contributed by atoms with Crippen LogP contribution >= 0.6 is 0 Å². The Hall–Kier alpha value is -1.98. The van der Waals surface area contributed by atoms with Crippen LogP contribution in [0.25, 0.3) is 0 Å². The quantitative estimate of drug-likeness (QED) is 0.751. The Morgan fingerprint density at radius 1 is 1.18 bits per heavy atom. The predicted octanol–water partition coefficient (Wildman–Crippen LogP) is 3.45. The van der Waals surface area contributed by atoms with E-state index in [1.54, 1.807) is 11.1 Å². The van der Waals surface area contributed by atoms with Crippen molar-refractivity contribution in [2.24, 2.45) is 10.8 Å². The van der Waals surface area contributed by atoms with E-state index >= 15 is 0 Å². The smallest absolute Gasteiger partial charge is 0.274 e. The zero-order chi connectivity index (χ0) is 20.5. The van der Waals surface area contributed by atoms with Crippen LogP contribution < -0.4 is 0 Å². The Labute approximate surface area is 168 Å². The van der Waals surface area contributed by atoms with Gasteiger partial charge in [0.15, 0.2) is 0 Å². The highest BCUT2D eigenvalue weighted by Gasteiger charge is 2.50. The molecule has 2 unspecified atom stereocenters. The van der Waals surface area contributed by atoms with Gasteiger partial charge in [0.2, 0.25) is 5.91 Å². The fraction of sp³-hybridized carbons (Fsp3) is 0.727. The Balaban J connectivity index is 1.63. The lowest BCUT2D eigenvalue weighted by atomic mass is 9.65. The van der Waals surface area contributed by atoms with Crippen LogP contribution in [-0.4, -0.2) is 57.3 Å². The molecule has 28 heavy (non-hydrogen) atoms. The van der Waals surface area contributed by atoms with Crippen molar-refractivity contribution in [3.63, 3.8) is 0 Å². The van der Waals surface area contributed by atoms with Crippen LogP contribution in [0.5, 0.6) is 0 Å². The third kappa shape index (κ3) is 4.53. The standard InChI is InChI=1S/C22H34N4O2/c1-6-8-25(20(28)18-13-23-16(2)12-24-18)9-7-19(27)26-15-22(5)11-17(26)10-21(3,4)14-22/h12-13,17H,6-11,14-15H2,1-5H3. The van der Waals surface area contributed by atoms with E-state index in [1.807, 2.05) is 13.8 Å². The molecule has 2 bridgehead atoms. The molecule has 1 aliphatic carbocycles. The normalized spacial score (nSPS) is 25.6. The third-order valence-corrected chi connectivity index (χ3v) is 6.11. The maximum atomic E-state index is 13.0. The van der Waals surface area contributed by atoms with Crippen molar-refractivity contribution in [3.05, 3.63) is 23.8 Å². The van der Waals surface area contributed by atoms with Crippen molar-refractivity contribution in [1.29, 1.82) is 0 Å². The molecule has 1 saturated heterocycles. The first-order valence-electron chi connectivity index (χ1n) is 10.5. The molecule has 1 aliphatic heterocycles. The summed E-state index contributed by atoms with van der Waals surface area (Å²) < 4.78 is 0. The number of carbonyl (C=O) groups excluding carboxylic acids is 2. The average molecular weight is 387 g/mol. The molecule has 0 radical (unpaired) electrons. The first-order chi connectivity index (χ1) is 13.1. The number of hydrogen-bond donors (Lipinski definition) is 0. The topological polar surface area (TPSA) is 66.4 Å². The third-order valence-electron chi connectivity index (χ3n) is 6.11. The second kappa shape index (κ2) is 7.80. The number of nitrogens with zero attached hydrogens (tertiary/aromatic N) is 4. The van der Waals surface area contributed by atoms with Gasteiger partial charge in [0, 0.05) is 38.3 Å². The van der Waals surface area contributed by atoms with Crippen molar-refractivity contribution in [2.45, 2.75) is 72.8 Å². The number of fused-ring (bicyclic) bond motifs is 2. The highest BCUT2D eigenvalue weighted by atomic mass is 16.2. The van der Waals surface area contributed by atoms with Crippen LogP contribution in [0, 0.1) is 17.8 Å². The molecule has 1 aromatic heterocycles. The molecular formula is C22H34N4O2. The summed E-state index contributed by atoms with van der Waals surface area (Å²) in [5.41, 5.74) is 1.66. The Morgan fingerprint density at radius 2 is 1.93 bits per heavy atom. The van der Waals surface area contributed by atoms with Crippen molar-refractivity contribution in [3.8, 4) is 0 Å². The van der Waals surface area contributed by atoms with Gasteiger partial charge in [-0.15, -0.1) is 0 Å². The molecule has 0 aromatic carbocycles. The molecule has 2 amide bonds. The van der Waals surface area contributed by atoms with Crippen molar-refractivity contribution in [1.82, 2.24) is 19.8 Å². The van der Waals surface area contributed by atoms with Crippen LogP contribution in [-0.2, 0) is 4.79 Å². The summed E-state index contributed by atoms with van der Waals surface area (Å²) in [5, 5.41) is 0. The molecule has 3 rings (SSSR count). The highest BCUT2D eigenvalue weighted by molar-refractivity contribution is 5.92. The van der Waals surface area contributed by atoms with E-state index in [0.717, 1.165) is 31.5 Å². The Morgan fingerprint density at radius 3 is 2.57 bits per heavy atom. The monoisotopic (exact) mass is 386 g/mol. The van der Waals surface area contributed by atoms with Gasteiger partial charge in [0.1, 0.15) is 5.69 Å². The van der Waals surface area contributed by atoms with Gasteiger partial charge < -0.3 is 9.80 Å². The predicted molar refractivity (Wildman–Crippen MR) is 109 cm³/mol. The van der Waals surface area contributed by atoms with Gasteiger partial charge >= 0.3 is 0 Å². The van der Waals surface area contributed by atoms with Gasteiger partial charge in [0.05, 0.1) is 11.9 Å². The molecule has 0 N–H and O–H groups in total. The minimum Gasteiger partial charge on any atom is -0.339 e. The van der Waals surface area contributed by atoms with E-state index in [9.17, 15) is 9.59 Å². The van der Waals surface area contributed by atoms with Gasteiger partial charge in [-0.25, -0.2) is 4.98 Å². The highest BCUT2D eigenvalue weighted by Crippen LogP contribution is 2.52. The summed E-state index contributed by atoms with van der Waals surface area (Å²) in [7, 11) is 0. The molecule has 2 atom stereocenters. The minimum absolute atomic E-state index is 0.143. The molecule has 154 valence electrons. The summed E-state index contributed by atoms with van der Waals surface area (Å²) in [6.07, 6.45) is 7.70. The maximum Gasteiger partial charge on any atom is 0.274 e. The maximum absolute atomic E-state index is 13.0. The van der Waals surface area contributed by atoms with E-state index in [0.29, 0.717) is 36.7 Å². The Kier molecular flexibility index (Phi) is 5.78. The lowest BCUT2D eigenvalue weighted by Crippen LogP contribution is -2.40. The molecule has 2 heterocycles. The van der Waals surface area contributed by atoms with Crippen LogP contribution in [0.2, 0.25) is 0 Å². The van der Waals surface area contributed by atoms with E-state index in [4.69, 9.17) is 0 Å². The van der Waals surface area contributed by atoms with E-state index in [-0.39, 0.29) is 17.2 Å². The minimum atomic E-state index is -0.143. The van der Waals surface area contributed by atoms with Crippen LogP contribution in [0.3, 0.4) is 0 Å². The van der Waals surface area contributed by atoms with Gasteiger partial charge in [-0.3, -0.25) is 14.6 Å². The summed E-state index contributed by atoms with van der Waals surface area (Å²) >= 11 is 0. The van der Waals surface area contributed by atoms with Gasteiger partial charge in [0.25, 0.3) is 5.91 Å².